The first-order valence-electron chi connectivity index (χ1n) is 3.22. The van der Waals surface area contributed by atoms with Crippen LogP contribution in [0.2, 0.25) is 0 Å². The van der Waals surface area contributed by atoms with Gasteiger partial charge < -0.3 is 0 Å². The zero-order chi connectivity index (χ0) is 7.68. The van der Waals surface area contributed by atoms with Crippen molar-refractivity contribution in [3.8, 4) is 0 Å². The number of nitrogens with zero attached hydrogens (tertiary/aromatic N) is 2. The number of fused-ring (bicyclic) bond motifs is 1. The van der Waals surface area contributed by atoms with Gasteiger partial charge in [-0.3, -0.25) is 0 Å². The highest BCUT2D eigenvalue weighted by atomic mass is 79.9. The molecule has 0 aromatic carbocycles. The minimum Gasteiger partial charge on any atom is -0.237 e. The zero-order valence-electron chi connectivity index (χ0n) is 5.66. The third-order valence-electron chi connectivity index (χ3n) is 1.42. The first kappa shape index (κ1) is 6.73. The van der Waals surface area contributed by atoms with Crippen molar-refractivity contribution in [2.45, 2.75) is 0 Å². The van der Waals surface area contributed by atoms with E-state index in [0.29, 0.717) is 0 Å². The minimum atomic E-state index is 0.788. The van der Waals surface area contributed by atoms with Crippen LogP contribution in [0, 0.1) is 0 Å². The molecule has 11 heavy (non-hydrogen) atoms. The second-order valence-electron chi connectivity index (χ2n) is 2.20. The molecule has 0 bridgehead atoms. The number of aromatic nitrogens is 2. The largest absolute Gasteiger partial charge is 0.237 e. The van der Waals surface area contributed by atoms with Gasteiger partial charge in [-0.1, -0.05) is 0 Å². The van der Waals surface area contributed by atoms with Crippen molar-refractivity contribution >= 4 is 27.0 Å². The van der Waals surface area contributed by atoms with Crippen LogP contribution in [-0.2, 0) is 0 Å². The molecule has 0 aliphatic rings. The second-order valence-corrected chi connectivity index (χ2v) is 3.12. The molecule has 0 radical (unpaired) electrons. The van der Waals surface area contributed by atoms with Gasteiger partial charge in [0.05, 0.1) is 0 Å². The van der Waals surface area contributed by atoms with Crippen molar-refractivity contribution in [1.82, 2.24) is 9.97 Å². The van der Waals surface area contributed by atoms with Crippen LogP contribution in [-0.4, -0.2) is 9.97 Å². The van der Waals surface area contributed by atoms with Crippen LogP contribution < -0.4 is 0 Å². The van der Waals surface area contributed by atoms with Gasteiger partial charge in [-0.25, -0.2) is 9.97 Å². The summed E-state index contributed by atoms with van der Waals surface area (Å²) in [5.41, 5.74) is 0.788. The lowest BCUT2D eigenvalue weighted by Crippen LogP contribution is -1.80. The smallest absolute Gasteiger partial charge is 0.159 e. The summed E-state index contributed by atoms with van der Waals surface area (Å²) >= 11 is 3.34. The molecule has 2 aromatic rings. The molecule has 0 aliphatic heterocycles. The van der Waals surface area contributed by atoms with Crippen LogP contribution in [0.1, 0.15) is 0 Å². The third kappa shape index (κ3) is 1.24. The van der Waals surface area contributed by atoms with Crippen LogP contribution in [0.3, 0.4) is 0 Å². The van der Waals surface area contributed by atoms with Gasteiger partial charge >= 0.3 is 0 Å². The summed E-state index contributed by atoms with van der Waals surface area (Å²) in [4.78, 5) is 8.21. The van der Waals surface area contributed by atoms with Crippen molar-refractivity contribution in [3.05, 3.63) is 35.1 Å². The van der Waals surface area contributed by atoms with E-state index in [2.05, 4.69) is 25.9 Å². The second kappa shape index (κ2) is 2.58. The van der Waals surface area contributed by atoms with Crippen molar-refractivity contribution in [1.29, 1.82) is 0 Å². The van der Waals surface area contributed by atoms with Crippen molar-refractivity contribution in [2.75, 3.05) is 0 Å². The Labute approximate surface area is 72.4 Å². The Morgan fingerprint density at radius 1 is 1.27 bits per heavy atom. The Balaban J connectivity index is 2.83. The first-order valence-corrected chi connectivity index (χ1v) is 4.02. The molecular weight excluding hydrogens is 204 g/mol. The summed E-state index contributed by atoms with van der Waals surface area (Å²) < 4.78 is 0.984. The van der Waals surface area contributed by atoms with Gasteiger partial charge in [-0.05, 0) is 34.1 Å². The van der Waals surface area contributed by atoms with E-state index < -0.39 is 0 Å². The normalized spacial score (nSPS) is 10.3. The highest BCUT2D eigenvalue weighted by Gasteiger charge is 1.93. The molecule has 0 saturated heterocycles. The van der Waals surface area contributed by atoms with Crippen LogP contribution in [0.15, 0.2) is 35.1 Å². The maximum Gasteiger partial charge on any atom is 0.159 e. The Bertz CT molecular complexity index is 387. The van der Waals surface area contributed by atoms with Crippen LogP contribution in [0.4, 0.5) is 0 Å². The number of pyridine rings is 2. The predicted octanol–water partition coefficient (Wildman–Crippen LogP) is 2.39. The lowest BCUT2D eigenvalue weighted by atomic mass is 10.3. The van der Waals surface area contributed by atoms with E-state index in [4.69, 9.17) is 0 Å². The Morgan fingerprint density at radius 2 is 2.18 bits per heavy atom. The highest BCUT2D eigenvalue weighted by molar-refractivity contribution is 9.10. The number of halogens is 1. The van der Waals surface area contributed by atoms with Gasteiger partial charge in [-0.15, -0.1) is 0 Å². The van der Waals surface area contributed by atoms with Crippen molar-refractivity contribution < 1.29 is 0 Å². The molecule has 0 N–H and O–H groups in total. The topological polar surface area (TPSA) is 25.8 Å². The molecule has 2 heterocycles. The summed E-state index contributed by atoms with van der Waals surface area (Å²) in [6, 6.07) is 5.88. The predicted molar refractivity (Wildman–Crippen MR) is 47.2 cm³/mol. The van der Waals surface area contributed by atoms with E-state index in [1.54, 1.807) is 12.4 Å². The Hall–Kier alpha value is -0.960. The Morgan fingerprint density at radius 3 is 3.09 bits per heavy atom. The van der Waals surface area contributed by atoms with E-state index in [1.165, 1.54) is 0 Å². The quantitative estimate of drug-likeness (QED) is 0.665. The van der Waals surface area contributed by atoms with E-state index >= 15 is 0 Å². The van der Waals surface area contributed by atoms with Gasteiger partial charge in [-0.2, -0.15) is 0 Å². The number of hydrogen-bond acceptors (Lipinski definition) is 2. The number of rotatable bonds is 0. The van der Waals surface area contributed by atoms with Gasteiger partial charge in [0.25, 0.3) is 0 Å². The lowest BCUT2D eigenvalue weighted by Gasteiger charge is -1.93. The molecule has 2 rings (SSSR count). The molecular formula is C8H5BrN2. The maximum atomic E-state index is 4.12. The van der Waals surface area contributed by atoms with Gasteiger partial charge in [0.15, 0.2) is 5.65 Å². The minimum absolute atomic E-state index is 0.788. The van der Waals surface area contributed by atoms with E-state index in [-0.39, 0.29) is 0 Å². The van der Waals surface area contributed by atoms with E-state index in [1.807, 2.05) is 18.2 Å². The molecule has 0 saturated carbocycles. The average molecular weight is 209 g/mol. The summed E-state index contributed by atoms with van der Waals surface area (Å²) in [5, 5.41) is 1.06. The van der Waals surface area contributed by atoms with Crippen molar-refractivity contribution in [2.24, 2.45) is 0 Å². The number of hydrogen-bond donors (Lipinski definition) is 0. The molecule has 0 aliphatic carbocycles. The molecule has 0 atom stereocenters. The third-order valence-corrected chi connectivity index (χ3v) is 1.85. The standard InChI is InChI=1S/C8H5BrN2/c9-7-4-6-2-1-3-10-8(6)11-5-7/h1-5H. The zero-order valence-corrected chi connectivity index (χ0v) is 7.25. The fourth-order valence-corrected chi connectivity index (χ4v) is 1.29. The molecule has 0 amide bonds. The summed E-state index contributed by atoms with van der Waals surface area (Å²) in [6.45, 7) is 0. The molecule has 0 spiro atoms. The summed E-state index contributed by atoms with van der Waals surface area (Å²) in [5.74, 6) is 0. The first-order chi connectivity index (χ1) is 5.36. The molecule has 2 nitrogen and oxygen atoms in total. The van der Waals surface area contributed by atoms with Crippen LogP contribution in [0.5, 0.6) is 0 Å². The van der Waals surface area contributed by atoms with E-state index in [9.17, 15) is 0 Å². The average Bonchev–Trinajstić information content (AvgIpc) is 2.04. The molecule has 3 heteroatoms. The monoisotopic (exact) mass is 208 g/mol. The van der Waals surface area contributed by atoms with Crippen LogP contribution in [0.25, 0.3) is 11.0 Å². The Kier molecular flexibility index (Phi) is 1.58. The van der Waals surface area contributed by atoms with Crippen molar-refractivity contribution in [3.63, 3.8) is 0 Å². The summed E-state index contributed by atoms with van der Waals surface area (Å²) in [6.07, 6.45) is 3.48. The van der Waals surface area contributed by atoms with E-state index in [0.717, 1.165) is 15.5 Å². The fraction of sp³-hybridized carbons (Fsp3) is 0. The molecule has 2 aromatic heterocycles. The molecule has 0 fully saturated rings. The SMILES string of the molecule is Brc1cnc2ncccc2c1. The summed E-state index contributed by atoms with van der Waals surface area (Å²) in [7, 11) is 0. The van der Waals surface area contributed by atoms with Crippen LogP contribution >= 0.6 is 15.9 Å². The fourth-order valence-electron chi connectivity index (χ4n) is 0.939. The van der Waals surface area contributed by atoms with Gasteiger partial charge in [0.2, 0.25) is 0 Å². The lowest BCUT2D eigenvalue weighted by molar-refractivity contribution is 1.28. The van der Waals surface area contributed by atoms with Gasteiger partial charge in [0.1, 0.15) is 0 Å². The molecule has 54 valence electrons. The maximum absolute atomic E-state index is 4.12. The van der Waals surface area contributed by atoms with Gasteiger partial charge in [0, 0.05) is 22.3 Å². The highest BCUT2D eigenvalue weighted by Crippen LogP contribution is 2.14. The molecule has 0 unspecified atom stereocenters.